The lowest BCUT2D eigenvalue weighted by Crippen LogP contribution is -2.27. The Morgan fingerprint density at radius 2 is 2.29 bits per heavy atom. The molecule has 1 atom stereocenters. The molecule has 1 aromatic heterocycles. The summed E-state index contributed by atoms with van der Waals surface area (Å²) in [5.41, 5.74) is 1.27. The van der Waals surface area contributed by atoms with Crippen LogP contribution in [0.15, 0.2) is 16.7 Å². The van der Waals surface area contributed by atoms with Crippen LogP contribution in [0.25, 0.3) is 0 Å². The molecule has 0 radical (unpaired) electrons. The van der Waals surface area contributed by atoms with Crippen molar-refractivity contribution in [3.63, 3.8) is 0 Å². The number of furan rings is 1. The summed E-state index contributed by atoms with van der Waals surface area (Å²) in [6.07, 6.45) is 5.16. The second kappa shape index (κ2) is 5.86. The lowest BCUT2D eigenvalue weighted by Gasteiger charge is -2.11. The van der Waals surface area contributed by atoms with Crippen molar-refractivity contribution in [3.8, 4) is 0 Å². The zero-order valence-corrected chi connectivity index (χ0v) is 9.47. The number of aryl methyl sites for hydroxylation is 2. The first-order valence-corrected chi connectivity index (χ1v) is 5.50. The number of hydrogen-bond donors (Lipinski definition) is 1. The van der Waals surface area contributed by atoms with Gasteiger partial charge in [0, 0.05) is 12.5 Å². The average molecular weight is 195 g/mol. The maximum atomic E-state index is 5.39. The molecule has 1 rings (SSSR count). The monoisotopic (exact) mass is 195 g/mol. The van der Waals surface area contributed by atoms with Crippen molar-refractivity contribution in [2.24, 2.45) is 0 Å². The van der Waals surface area contributed by atoms with Gasteiger partial charge in [0.2, 0.25) is 0 Å². The summed E-state index contributed by atoms with van der Waals surface area (Å²) in [5, 5.41) is 3.47. The molecule has 0 spiro atoms. The minimum absolute atomic E-state index is 0.583. The van der Waals surface area contributed by atoms with E-state index in [1.54, 1.807) is 6.26 Å². The van der Waals surface area contributed by atoms with Gasteiger partial charge >= 0.3 is 0 Å². The van der Waals surface area contributed by atoms with Gasteiger partial charge in [-0.2, -0.15) is 0 Å². The summed E-state index contributed by atoms with van der Waals surface area (Å²) in [5.74, 6) is 1.13. The largest absolute Gasteiger partial charge is 0.469 e. The van der Waals surface area contributed by atoms with Crippen LogP contribution in [0.2, 0.25) is 0 Å². The first kappa shape index (κ1) is 11.3. The van der Waals surface area contributed by atoms with E-state index in [4.69, 9.17) is 4.42 Å². The molecule has 80 valence electrons. The Balaban J connectivity index is 2.23. The van der Waals surface area contributed by atoms with Gasteiger partial charge in [0.15, 0.2) is 0 Å². The molecule has 1 unspecified atom stereocenters. The van der Waals surface area contributed by atoms with Crippen LogP contribution in [-0.2, 0) is 6.42 Å². The maximum absolute atomic E-state index is 5.39. The third kappa shape index (κ3) is 3.54. The van der Waals surface area contributed by atoms with Crippen LogP contribution in [0.1, 0.15) is 38.0 Å². The van der Waals surface area contributed by atoms with Gasteiger partial charge < -0.3 is 9.73 Å². The molecule has 0 bridgehead atoms. The van der Waals surface area contributed by atoms with Crippen molar-refractivity contribution >= 4 is 0 Å². The van der Waals surface area contributed by atoms with E-state index < -0.39 is 0 Å². The lowest BCUT2D eigenvalue weighted by molar-refractivity contribution is 0.458. The Morgan fingerprint density at radius 1 is 1.50 bits per heavy atom. The van der Waals surface area contributed by atoms with Gasteiger partial charge in [-0.1, -0.05) is 6.92 Å². The SMILES string of the molecule is CCCNC(C)CCc1occc1C. The van der Waals surface area contributed by atoms with Gasteiger partial charge in [0.1, 0.15) is 5.76 Å². The van der Waals surface area contributed by atoms with Gasteiger partial charge in [-0.25, -0.2) is 0 Å². The minimum atomic E-state index is 0.583. The molecule has 2 heteroatoms. The fraction of sp³-hybridized carbons (Fsp3) is 0.667. The summed E-state index contributed by atoms with van der Waals surface area (Å²) in [7, 11) is 0. The van der Waals surface area contributed by atoms with E-state index >= 15 is 0 Å². The first-order chi connectivity index (χ1) is 6.74. The van der Waals surface area contributed by atoms with Gasteiger partial charge in [0.25, 0.3) is 0 Å². The van der Waals surface area contributed by atoms with Crippen LogP contribution < -0.4 is 5.32 Å². The van der Waals surface area contributed by atoms with Crippen LogP contribution >= 0.6 is 0 Å². The Kier molecular flexibility index (Phi) is 4.74. The third-order valence-electron chi connectivity index (χ3n) is 2.52. The fourth-order valence-corrected chi connectivity index (χ4v) is 1.50. The Bertz CT molecular complexity index is 255. The van der Waals surface area contributed by atoms with Crippen LogP contribution in [-0.4, -0.2) is 12.6 Å². The Morgan fingerprint density at radius 3 is 2.86 bits per heavy atom. The number of nitrogens with one attached hydrogen (secondary N) is 1. The van der Waals surface area contributed by atoms with Crippen LogP contribution in [0, 0.1) is 6.92 Å². The van der Waals surface area contributed by atoms with Crippen LogP contribution in [0.4, 0.5) is 0 Å². The molecule has 0 aliphatic heterocycles. The third-order valence-corrected chi connectivity index (χ3v) is 2.52. The highest BCUT2D eigenvalue weighted by molar-refractivity contribution is 5.14. The topological polar surface area (TPSA) is 25.2 Å². The van der Waals surface area contributed by atoms with E-state index in [-0.39, 0.29) is 0 Å². The normalized spacial score (nSPS) is 13.1. The molecule has 0 aromatic carbocycles. The molecule has 1 N–H and O–H groups in total. The van der Waals surface area contributed by atoms with Crippen molar-refractivity contribution in [1.82, 2.24) is 5.32 Å². The van der Waals surface area contributed by atoms with E-state index in [0.29, 0.717) is 6.04 Å². The quantitative estimate of drug-likeness (QED) is 0.755. The Labute approximate surface area is 86.7 Å². The fourth-order valence-electron chi connectivity index (χ4n) is 1.50. The predicted octanol–water partition coefficient (Wildman–Crippen LogP) is 2.91. The van der Waals surface area contributed by atoms with Crippen molar-refractivity contribution < 1.29 is 4.42 Å². The van der Waals surface area contributed by atoms with Crippen molar-refractivity contribution in [2.45, 2.75) is 46.1 Å². The smallest absolute Gasteiger partial charge is 0.106 e. The second-order valence-electron chi connectivity index (χ2n) is 3.92. The molecule has 0 aliphatic carbocycles. The molecule has 2 nitrogen and oxygen atoms in total. The molecule has 0 aliphatic rings. The summed E-state index contributed by atoms with van der Waals surface area (Å²) < 4.78 is 5.39. The molecule has 0 saturated carbocycles. The van der Waals surface area contributed by atoms with E-state index in [0.717, 1.165) is 25.1 Å². The van der Waals surface area contributed by atoms with E-state index in [1.807, 2.05) is 6.07 Å². The first-order valence-electron chi connectivity index (χ1n) is 5.50. The Hall–Kier alpha value is -0.760. The molecule has 14 heavy (non-hydrogen) atoms. The molecule has 1 heterocycles. The maximum Gasteiger partial charge on any atom is 0.106 e. The number of rotatable bonds is 6. The molecule has 1 aromatic rings. The van der Waals surface area contributed by atoms with Crippen molar-refractivity contribution in [3.05, 3.63) is 23.7 Å². The van der Waals surface area contributed by atoms with Gasteiger partial charge in [-0.15, -0.1) is 0 Å². The predicted molar refractivity (Wildman–Crippen MR) is 59.5 cm³/mol. The van der Waals surface area contributed by atoms with Crippen LogP contribution in [0.5, 0.6) is 0 Å². The lowest BCUT2D eigenvalue weighted by atomic mass is 10.1. The van der Waals surface area contributed by atoms with E-state index in [9.17, 15) is 0 Å². The van der Waals surface area contributed by atoms with Crippen molar-refractivity contribution in [2.75, 3.05) is 6.54 Å². The summed E-state index contributed by atoms with van der Waals surface area (Å²) in [4.78, 5) is 0. The molecular formula is C12H21NO. The van der Waals surface area contributed by atoms with E-state index in [1.165, 1.54) is 12.0 Å². The molecule has 0 saturated heterocycles. The highest BCUT2D eigenvalue weighted by atomic mass is 16.3. The van der Waals surface area contributed by atoms with Gasteiger partial charge in [0.05, 0.1) is 6.26 Å². The number of hydrogen-bond acceptors (Lipinski definition) is 2. The standard InChI is InChI=1S/C12H21NO/c1-4-8-13-11(3)5-6-12-10(2)7-9-14-12/h7,9,11,13H,4-6,8H2,1-3H3. The highest BCUT2D eigenvalue weighted by Crippen LogP contribution is 2.11. The summed E-state index contributed by atoms with van der Waals surface area (Å²) in [6.45, 7) is 7.63. The van der Waals surface area contributed by atoms with Gasteiger partial charge in [-0.05, 0) is 44.9 Å². The highest BCUT2D eigenvalue weighted by Gasteiger charge is 2.05. The zero-order chi connectivity index (χ0) is 10.4. The van der Waals surface area contributed by atoms with Crippen molar-refractivity contribution in [1.29, 1.82) is 0 Å². The summed E-state index contributed by atoms with van der Waals surface area (Å²) >= 11 is 0. The summed E-state index contributed by atoms with van der Waals surface area (Å²) in [6, 6.07) is 2.61. The second-order valence-corrected chi connectivity index (χ2v) is 3.92. The molecule has 0 fully saturated rings. The molecular weight excluding hydrogens is 174 g/mol. The van der Waals surface area contributed by atoms with Crippen LogP contribution in [0.3, 0.4) is 0 Å². The van der Waals surface area contributed by atoms with Gasteiger partial charge in [-0.3, -0.25) is 0 Å². The molecule has 0 amide bonds. The zero-order valence-electron chi connectivity index (χ0n) is 9.47. The average Bonchev–Trinajstić information content (AvgIpc) is 2.58. The minimum Gasteiger partial charge on any atom is -0.469 e. The van der Waals surface area contributed by atoms with E-state index in [2.05, 4.69) is 26.1 Å².